The molecule has 38 heavy (non-hydrogen) atoms. The number of amides is 3. The number of hydrogen-bond acceptors (Lipinski definition) is 7. The van der Waals surface area contributed by atoms with Crippen LogP contribution in [0.5, 0.6) is 0 Å². The number of benzene rings is 1. The number of aromatic nitrogens is 1. The zero-order valence-corrected chi connectivity index (χ0v) is 21.9. The molecule has 1 fully saturated rings. The van der Waals surface area contributed by atoms with Gasteiger partial charge in [-0.25, -0.2) is 23.8 Å². The van der Waals surface area contributed by atoms with E-state index in [9.17, 15) is 18.9 Å². The van der Waals surface area contributed by atoms with Gasteiger partial charge in [-0.15, -0.1) is 0 Å². The van der Waals surface area contributed by atoms with E-state index < -0.39 is 26.6 Å². The summed E-state index contributed by atoms with van der Waals surface area (Å²) in [7, 11) is -4.94. The highest BCUT2D eigenvalue weighted by Crippen LogP contribution is 2.35. The first-order valence-electron chi connectivity index (χ1n) is 11.6. The number of ether oxygens (including phenoxy) is 1. The number of amidine groups is 1. The SMILES string of the molecule is CCNC(=O)c1ccc(C)c(N(C(=O)OCOP(=O)(O)O)C(=NC=N)c2[nH]cc(C(=O)NC3CC3)c2C)c1. The largest absolute Gasteiger partial charge is 0.472 e. The molecule has 14 nitrogen and oxygen atoms in total. The molecule has 204 valence electrons. The molecule has 2 aromatic rings. The van der Waals surface area contributed by atoms with Gasteiger partial charge in [0, 0.05) is 24.3 Å². The molecule has 6 N–H and O–H groups in total. The molecule has 1 aromatic heterocycles. The molecule has 0 radical (unpaired) electrons. The van der Waals surface area contributed by atoms with Crippen LogP contribution in [0.4, 0.5) is 10.5 Å². The molecule has 0 bridgehead atoms. The summed E-state index contributed by atoms with van der Waals surface area (Å²) in [5.41, 5.74) is 1.76. The summed E-state index contributed by atoms with van der Waals surface area (Å²) >= 11 is 0. The lowest BCUT2D eigenvalue weighted by molar-refractivity contribution is 0.0449. The summed E-state index contributed by atoms with van der Waals surface area (Å²) in [6, 6.07) is 4.65. The molecule has 3 rings (SSSR count). The van der Waals surface area contributed by atoms with Crippen LogP contribution in [0.25, 0.3) is 0 Å². The smallest absolute Gasteiger partial charge is 0.421 e. The Labute approximate surface area is 218 Å². The van der Waals surface area contributed by atoms with E-state index in [4.69, 9.17) is 19.9 Å². The predicted molar refractivity (Wildman–Crippen MR) is 137 cm³/mol. The number of carbonyl (C=O) groups is 3. The van der Waals surface area contributed by atoms with Gasteiger partial charge in [0.2, 0.25) is 6.79 Å². The number of aliphatic imine (C=N–C) groups is 1. The quantitative estimate of drug-likeness (QED) is 0.112. The minimum absolute atomic E-state index is 0.107. The number of hydrogen-bond donors (Lipinski definition) is 6. The Kier molecular flexibility index (Phi) is 9.17. The molecule has 0 spiro atoms. The molecule has 3 amide bonds. The van der Waals surface area contributed by atoms with Gasteiger partial charge in [-0.1, -0.05) is 6.07 Å². The molecular weight excluding hydrogens is 519 g/mol. The van der Waals surface area contributed by atoms with Crippen molar-refractivity contribution in [2.75, 3.05) is 18.2 Å². The lowest BCUT2D eigenvalue weighted by Gasteiger charge is -2.25. The van der Waals surface area contributed by atoms with E-state index in [1.54, 1.807) is 32.9 Å². The Morgan fingerprint density at radius 2 is 1.97 bits per heavy atom. The average Bonchev–Trinajstić information content (AvgIpc) is 3.57. The third-order valence-electron chi connectivity index (χ3n) is 5.55. The predicted octanol–water partition coefficient (Wildman–Crippen LogP) is 2.34. The maximum atomic E-state index is 13.3. The minimum atomic E-state index is -4.94. The third kappa shape index (κ3) is 7.13. The number of anilines is 1. The fourth-order valence-electron chi connectivity index (χ4n) is 3.51. The molecule has 15 heteroatoms. The van der Waals surface area contributed by atoms with E-state index in [0.29, 0.717) is 29.6 Å². The van der Waals surface area contributed by atoms with Gasteiger partial charge in [-0.3, -0.25) is 15.0 Å². The van der Waals surface area contributed by atoms with Crippen LogP contribution in [-0.4, -0.2) is 64.2 Å². The Morgan fingerprint density at radius 1 is 1.26 bits per heavy atom. The number of phosphoric acid groups is 1. The Morgan fingerprint density at radius 3 is 2.58 bits per heavy atom. The fourth-order valence-corrected chi connectivity index (χ4v) is 3.70. The van der Waals surface area contributed by atoms with Crippen molar-refractivity contribution in [3.8, 4) is 0 Å². The van der Waals surface area contributed by atoms with Gasteiger partial charge in [0.15, 0.2) is 5.84 Å². The number of phosphoric ester groups is 1. The monoisotopic (exact) mass is 548 g/mol. The Balaban J connectivity index is 2.09. The topological polar surface area (TPSA) is 206 Å². The first-order valence-corrected chi connectivity index (χ1v) is 13.1. The first-order chi connectivity index (χ1) is 18.0. The normalized spacial score (nSPS) is 13.6. The summed E-state index contributed by atoms with van der Waals surface area (Å²) in [6.45, 7) is 4.30. The standard InChI is InChI=1S/C23H29N6O8P/c1-4-25-21(30)15-6-5-13(2)18(9-15)29(23(32)36-12-37-38(33,34)35)20(27-11-24)19-14(3)17(10-26-19)22(31)28-16-7-8-16/h5-6,9-11,16,24,26H,4,7-8,12H2,1-3H3,(H,25,30)(H,28,31)(H2,33,34,35). The van der Waals surface area contributed by atoms with Crippen LogP contribution in [0.3, 0.4) is 0 Å². The van der Waals surface area contributed by atoms with Crippen molar-refractivity contribution in [3.05, 3.63) is 52.3 Å². The third-order valence-corrected chi connectivity index (χ3v) is 6.00. The van der Waals surface area contributed by atoms with E-state index in [1.165, 1.54) is 12.3 Å². The number of nitrogens with zero attached hydrogens (tertiary/aromatic N) is 2. The van der Waals surface area contributed by atoms with Crippen LogP contribution in [0, 0.1) is 19.3 Å². The summed E-state index contributed by atoms with van der Waals surface area (Å²) in [6.07, 6.45) is 2.73. The maximum absolute atomic E-state index is 13.3. The number of aryl methyl sites for hydroxylation is 1. The van der Waals surface area contributed by atoms with Gasteiger partial charge in [0.05, 0.1) is 16.9 Å². The van der Waals surface area contributed by atoms with Crippen LogP contribution >= 0.6 is 7.82 Å². The van der Waals surface area contributed by atoms with Crippen molar-refractivity contribution >= 4 is 43.6 Å². The van der Waals surface area contributed by atoms with E-state index in [1.807, 2.05) is 0 Å². The van der Waals surface area contributed by atoms with Crippen molar-refractivity contribution < 1.29 is 38.0 Å². The zero-order chi connectivity index (χ0) is 28.0. The van der Waals surface area contributed by atoms with Crippen molar-refractivity contribution in [2.24, 2.45) is 4.99 Å². The number of nitrogens with one attached hydrogen (secondary N) is 4. The van der Waals surface area contributed by atoms with Gasteiger partial charge < -0.3 is 30.1 Å². The summed E-state index contributed by atoms with van der Waals surface area (Å²) < 4.78 is 20.3. The number of H-pyrrole nitrogens is 1. The lowest BCUT2D eigenvalue weighted by Crippen LogP contribution is -2.40. The molecule has 1 saturated carbocycles. The Bertz CT molecular complexity index is 1310. The van der Waals surface area contributed by atoms with Crippen molar-refractivity contribution in [1.29, 1.82) is 5.41 Å². The second-order valence-electron chi connectivity index (χ2n) is 8.38. The second kappa shape index (κ2) is 12.1. The first kappa shape index (κ1) is 28.7. The van der Waals surface area contributed by atoms with Crippen molar-refractivity contribution in [2.45, 2.75) is 39.7 Å². The summed E-state index contributed by atoms with van der Waals surface area (Å²) in [5.74, 6) is -0.895. The summed E-state index contributed by atoms with van der Waals surface area (Å²) in [5, 5.41) is 13.1. The van der Waals surface area contributed by atoms with Crippen LogP contribution in [0.2, 0.25) is 0 Å². The van der Waals surface area contributed by atoms with Gasteiger partial charge in [-0.05, 0) is 56.9 Å². The molecule has 0 unspecified atom stereocenters. The van der Waals surface area contributed by atoms with Crippen LogP contribution in [0.1, 0.15) is 57.3 Å². The van der Waals surface area contributed by atoms with E-state index in [2.05, 4.69) is 25.1 Å². The van der Waals surface area contributed by atoms with Crippen molar-refractivity contribution in [1.82, 2.24) is 15.6 Å². The van der Waals surface area contributed by atoms with Crippen LogP contribution in [-0.2, 0) is 13.8 Å². The second-order valence-corrected chi connectivity index (χ2v) is 9.62. The average molecular weight is 548 g/mol. The molecular formula is C23H29N6O8P. The van der Waals surface area contributed by atoms with Gasteiger partial charge in [0.25, 0.3) is 11.8 Å². The van der Waals surface area contributed by atoms with Crippen molar-refractivity contribution in [3.63, 3.8) is 0 Å². The number of carbonyl (C=O) groups excluding carboxylic acids is 3. The van der Waals surface area contributed by atoms with Crippen LogP contribution in [0.15, 0.2) is 29.4 Å². The molecule has 1 aliphatic rings. The van der Waals surface area contributed by atoms with E-state index >= 15 is 0 Å². The minimum Gasteiger partial charge on any atom is -0.421 e. The number of aromatic amines is 1. The molecule has 0 saturated heterocycles. The molecule has 1 heterocycles. The molecule has 0 atom stereocenters. The summed E-state index contributed by atoms with van der Waals surface area (Å²) in [4.78, 5) is 64.3. The van der Waals surface area contributed by atoms with Gasteiger partial charge >= 0.3 is 13.9 Å². The highest BCUT2D eigenvalue weighted by molar-refractivity contribution is 7.46. The fraction of sp³-hybridized carbons (Fsp3) is 0.348. The van der Waals surface area contributed by atoms with Gasteiger partial charge in [-0.2, -0.15) is 0 Å². The van der Waals surface area contributed by atoms with E-state index in [0.717, 1.165) is 17.7 Å². The van der Waals surface area contributed by atoms with Gasteiger partial charge in [0.1, 0.15) is 6.34 Å². The zero-order valence-electron chi connectivity index (χ0n) is 21.0. The van der Waals surface area contributed by atoms with Crippen LogP contribution < -0.4 is 15.5 Å². The maximum Gasteiger partial charge on any atom is 0.472 e. The molecule has 1 aliphatic carbocycles. The number of rotatable bonds is 10. The lowest BCUT2D eigenvalue weighted by atomic mass is 10.1. The molecule has 0 aliphatic heterocycles. The van der Waals surface area contributed by atoms with E-state index in [-0.39, 0.29) is 34.7 Å². The molecule has 1 aromatic carbocycles. The highest BCUT2D eigenvalue weighted by Gasteiger charge is 2.31. The Hall–Kier alpha value is -3.84. The highest BCUT2D eigenvalue weighted by atomic mass is 31.2.